The van der Waals surface area contributed by atoms with Crippen LogP contribution >= 0.6 is 23.6 Å². The molecule has 0 radical (unpaired) electrons. The lowest BCUT2D eigenvalue weighted by atomic mass is 10.1. The van der Waals surface area contributed by atoms with Crippen LogP contribution in [0.1, 0.15) is 16.8 Å². The maximum absolute atomic E-state index is 12.0. The molecule has 1 aliphatic heterocycles. The lowest BCUT2D eigenvalue weighted by molar-refractivity contribution is 0.0929. The highest BCUT2D eigenvalue weighted by atomic mass is 35.5. The molecule has 0 aromatic heterocycles. The van der Waals surface area contributed by atoms with Gasteiger partial charge in [-0.1, -0.05) is 11.6 Å². The maximum Gasteiger partial charge on any atom is 0.171 e. The van der Waals surface area contributed by atoms with E-state index in [1.54, 1.807) is 12.1 Å². The number of rotatable bonds is 5. The predicted molar refractivity (Wildman–Crippen MR) is 76.3 cm³/mol. The van der Waals surface area contributed by atoms with E-state index in [-0.39, 0.29) is 5.78 Å². The summed E-state index contributed by atoms with van der Waals surface area (Å²) in [7, 11) is 3.96. The number of Topliss-reactive ketones (excluding diaryl/α,β-unsaturated/α-hetero) is 1. The van der Waals surface area contributed by atoms with Crippen LogP contribution in [0.2, 0.25) is 5.02 Å². The van der Waals surface area contributed by atoms with Crippen LogP contribution in [0.15, 0.2) is 17.0 Å². The van der Waals surface area contributed by atoms with Gasteiger partial charge in [0.05, 0.1) is 23.8 Å². The van der Waals surface area contributed by atoms with Gasteiger partial charge < -0.3 is 13.8 Å². The summed E-state index contributed by atoms with van der Waals surface area (Å²) in [5.74, 6) is 0.543. The minimum absolute atomic E-state index is 0.0578. The molecule has 0 N–H and O–H groups in total. The Labute approximate surface area is 122 Å². The number of benzene rings is 1. The fourth-order valence-electron chi connectivity index (χ4n) is 1.71. The molecule has 0 bridgehead atoms. The quantitative estimate of drug-likeness (QED) is 0.617. The van der Waals surface area contributed by atoms with Crippen LogP contribution in [0.3, 0.4) is 0 Å². The van der Waals surface area contributed by atoms with E-state index in [9.17, 15) is 4.79 Å². The van der Waals surface area contributed by atoms with Crippen molar-refractivity contribution in [2.24, 2.45) is 0 Å². The predicted octanol–water partition coefficient (Wildman–Crippen LogP) is 2.89. The molecule has 1 aromatic rings. The van der Waals surface area contributed by atoms with E-state index in [2.05, 4.69) is 0 Å². The molecule has 0 amide bonds. The third-order valence-electron chi connectivity index (χ3n) is 2.70. The summed E-state index contributed by atoms with van der Waals surface area (Å²) in [4.78, 5) is 14.8. The fraction of sp³-hybridized carbons (Fsp3) is 0.462. The molecule has 104 valence electrons. The third-order valence-corrected chi connectivity index (χ3v) is 3.80. The van der Waals surface area contributed by atoms with Crippen molar-refractivity contribution in [3.63, 3.8) is 0 Å². The van der Waals surface area contributed by atoms with E-state index in [4.69, 9.17) is 20.5 Å². The number of fused-ring (bicyclic) bond motifs is 1. The second-order valence-corrected chi connectivity index (χ2v) is 5.73. The van der Waals surface area contributed by atoms with E-state index in [1.807, 2.05) is 19.0 Å². The summed E-state index contributed by atoms with van der Waals surface area (Å²) in [5, 5.41) is 0.473. The summed E-state index contributed by atoms with van der Waals surface area (Å²) < 4.78 is 11.0. The number of halogens is 1. The first-order valence-electron chi connectivity index (χ1n) is 6.02. The minimum atomic E-state index is 0.0578. The molecule has 19 heavy (non-hydrogen) atoms. The Hall–Kier alpha value is -0.750. The van der Waals surface area contributed by atoms with E-state index < -0.39 is 0 Å². The topological polar surface area (TPSA) is 38.8 Å². The summed E-state index contributed by atoms with van der Waals surface area (Å²) >= 11 is 7.25. The van der Waals surface area contributed by atoms with Crippen molar-refractivity contribution in [2.75, 3.05) is 33.9 Å². The van der Waals surface area contributed by atoms with Crippen LogP contribution in [0.5, 0.6) is 5.75 Å². The first-order chi connectivity index (χ1) is 9.09. The second-order valence-electron chi connectivity index (χ2n) is 4.48. The Morgan fingerprint density at radius 1 is 1.47 bits per heavy atom. The highest BCUT2D eigenvalue weighted by molar-refractivity contribution is 7.94. The number of carbonyl (C=O) groups is 1. The molecule has 4 nitrogen and oxygen atoms in total. The summed E-state index contributed by atoms with van der Waals surface area (Å²) in [6, 6.07) is 3.53. The maximum atomic E-state index is 12.0. The van der Waals surface area contributed by atoms with Crippen molar-refractivity contribution in [3.8, 4) is 5.75 Å². The Morgan fingerprint density at radius 2 is 2.26 bits per heavy atom. The van der Waals surface area contributed by atoms with Gasteiger partial charge in [0.1, 0.15) is 5.75 Å². The average molecular weight is 302 g/mol. The van der Waals surface area contributed by atoms with Crippen LogP contribution < -0.4 is 4.74 Å². The molecule has 0 saturated carbocycles. The van der Waals surface area contributed by atoms with Crippen molar-refractivity contribution < 1.29 is 13.7 Å². The van der Waals surface area contributed by atoms with E-state index >= 15 is 0 Å². The highest BCUT2D eigenvalue weighted by Gasteiger charge is 2.25. The molecule has 0 saturated heterocycles. The Kier molecular flexibility index (Phi) is 5.10. The van der Waals surface area contributed by atoms with Crippen LogP contribution in [-0.2, 0) is 4.18 Å². The largest absolute Gasteiger partial charge is 0.491 e. The van der Waals surface area contributed by atoms with Crippen molar-refractivity contribution in [1.29, 1.82) is 0 Å². The van der Waals surface area contributed by atoms with Crippen molar-refractivity contribution in [3.05, 3.63) is 22.7 Å². The van der Waals surface area contributed by atoms with E-state index in [0.717, 1.165) is 11.4 Å². The molecule has 0 aliphatic carbocycles. The molecular formula is C13H16ClNO3S. The first kappa shape index (κ1) is 14.7. The number of nitrogens with zero attached hydrogens (tertiary/aromatic N) is 1. The van der Waals surface area contributed by atoms with Gasteiger partial charge in [-0.3, -0.25) is 4.79 Å². The molecule has 6 heteroatoms. The van der Waals surface area contributed by atoms with Crippen molar-refractivity contribution in [2.45, 2.75) is 11.3 Å². The summed E-state index contributed by atoms with van der Waals surface area (Å²) in [6.45, 7) is 1.80. The lowest BCUT2D eigenvalue weighted by Crippen LogP contribution is -2.18. The normalized spacial score (nSPS) is 14.4. The number of ether oxygens (including phenoxy) is 1. The molecule has 1 heterocycles. The van der Waals surface area contributed by atoms with Gasteiger partial charge in [0.25, 0.3) is 0 Å². The fourth-order valence-corrected chi connectivity index (χ4v) is 2.62. The van der Waals surface area contributed by atoms with Gasteiger partial charge in [-0.05, 0) is 26.2 Å². The third kappa shape index (κ3) is 3.63. The number of likely N-dealkylation sites (N-methyl/N-ethyl adjacent to an activating group) is 1. The summed E-state index contributed by atoms with van der Waals surface area (Å²) in [6.07, 6.45) is 0.387. The van der Waals surface area contributed by atoms with Crippen LogP contribution in [-0.4, -0.2) is 44.5 Å². The Morgan fingerprint density at radius 3 is 3.00 bits per heavy atom. The smallest absolute Gasteiger partial charge is 0.171 e. The number of carbonyl (C=O) groups excluding carboxylic acids is 1. The van der Waals surface area contributed by atoms with Crippen molar-refractivity contribution >= 4 is 29.4 Å². The molecule has 0 spiro atoms. The Balaban J connectivity index is 2.11. The molecule has 1 aromatic carbocycles. The van der Waals surface area contributed by atoms with Gasteiger partial charge in [0.15, 0.2) is 5.78 Å². The van der Waals surface area contributed by atoms with Gasteiger partial charge >= 0.3 is 0 Å². The summed E-state index contributed by atoms with van der Waals surface area (Å²) in [5.41, 5.74) is 0.550. The van der Waals surface area contributed by atoms with Gasteiger partial charge in [0, 0.05) is 29.9 Å². The number of ketones is 1. The molecular weight excluding hydrogens is 286 g/mol. The zero-order valence-corrected chi connectivity index (χ0v) is 12.5. The van der Waals surface area contributed by atoms with E-state index in [1.165, 1.54) is 12.0 Å². The monoisotopic (exact) mass is 301 g/mol. The SMILES string of the molecule is CN(C)CCOSc1ccc(Cl)c2c1C(=O)CCO2. The van der Waals surface area contributed by atoms with Crippen molar-refractivity contribution in [1.82, 2.24) is 4.90 Å². The lowest BCUT2D eigenvalue weighted by Gasteiger charge is -2.20. The van der Waals surface area contributed by atoms with Crippen LogP contribution in [0.4, 0.5) is 0 Å². The first-order valence-corrected chi connectivity index (χ1v) is 7.14. The van der Waals surface area contributed by atoms with Gasteiger partial charge in [-0.25, -0.2) is 0 Å². The van der Waals surface area contributed by atoms with Crippen LogP contribution in [0, 0.1) is 0 Å². The Bertz CT molecular complexity index is 479. The molecule has 0 atom stereocenters. The molecule has 1 aliphatic rings. The standard InChI is InChI=1S/C13H16ClNO3S/c1-15(2)6-8-18-19-11-4-3-9(14)13-12(11)10(16)5-7-17-13/h3-4H,5-8H2,1-2H3. The molecule has 0 unspecified atom stereocenters. The zero-order chi connectivity index (χ0) is 13.8. The van der Waals surface area contributed by atoms with Gasteiger partial charge in [-0.15, -0.1) is 0 Å². The second kappa shape index (κ2) is 6.61. The van der Waals surface area contributed by atoms with Gasteiger partial charge in [0.2, 0.25) is 0 Å². The van der Waals surface area contributed by atoms with E-state index in [0.29, 0.717) is 36.0 Å². The highest BCUT2D eigenvalue weighted by Crippen LogP contribution is 2.39. The average Bonchev–Trinajstić information content (AvgIpc) is 2.37. The number of hydrogen-bond donors (Lipinski definition) is 0. The molecule has 0 fully saturated rings. The molecule has 2 rings (SSSR count). The van der Waals surface area contributed by atoms with Crippen LogP contribution in [0.25, 0.3) is 0 Å². The van der Waals surface area contributed by atoms with Gasteiger partial charge in [-0.2, -0.15) is 0 Å². The number of hydrogen-bond acceptors (Lipinski definition) is 5. The minimum Gasteiger partial charge on any atom is -0.491 e. The zero-order valence-electron chi connectivity index (χ0n) is 10.9.